The molecule has 1 aliphatic carbocycles. The van der Waals surface area contributed by atoms with Crippen LogP contribution in [0, 0.1) is 5.92 Å². The molecule has 0 bridgehead atoms. The maximum Gasteiger partial charge on any atom is 0.225 e. The third-order valence-electron chi connectivity index (χ3n) is 5.31. The number of halogens is 1. The van der Waals surface area contributed by atoms with Gasteiger partial charge in [0.05, 0.1) is 6.04 Å². The fourth-order valence-electron chi connectivity index (χ4n) is 3.53. The van der Waals surface area contributed by atoms with Crippen LogP contribution in [-0.4, -0.2) is 42.3 Å². The Kier molecular flexibility index (Phi) is 7.04. The summed E-state index contributed by atoms with van der Waals surface area (Å²) < 4.78 is 0. The minimum Gasteiger partial charge on any atom is -0.340 e. The highest BCUT2D eigenvalue weighted by Crippen LogP contribution is 2.36. The Morgan fingerprint density at radius 1 is 1.25 bits per heavy atom. The molecule has 0 heterocycles. The molecule has 0 spiro atoms. The number of hydrogen-bond donors (Lipinski definition) is 3. The number of carbonyl (C=O) groups excluding carboxylic acids is 1. The van der Waals surface area contributed by atoms with Crippen LogP contribution >= 0.6 is 11.6 Å². The van der Waals surface area contributed by atoms with Gasteiger partial charge in [-0.3, -0.25) is 4.79 Å². The van der Waals surface area contributed by atoms with Crippen LogP contribution in [0.1, 0.15) is 44.1 Å². The Balaban J connectivity index is 1.91. The van der Waals surface area contributed by atoms with E-state index >= 15 is 0 Å². The summed E-state index contributed by atoms with van der Waals surface area (Å²) in [6.45, 7) is 1.92. The largest absolute Gasteiger partial charge is 0.340 e. The second-order valence-corrected chi connectivity index (χ2v) is 7.12. The Morgan fingerprint density at radius 3 is 2.33 bits per heavy atom. The standard InChI is InChI=1S/C18H28ClN3O2/c1-12(17(20-2)21-24)22(3)18(23)15-6-4-13(5-7-15)14-8-10-16(19)11-9-14/h8-13,15,17,20-21,24H,4-7H2,1-3H3. The fourth-order valence-corrected chi connectivity index (χ4v) is 3.66. The first-order chi connectivity index (χ1) is 11.5. The number of nitrogens with zero attached hydrogens (tertiary/aromatic N) is 1. The van der Waals surface area contributed by atoms with E-state index < -0.39 is 0 Å². The summed E-state index contributed by atoms with van der Waals surface area (Å²) in [5.41, 5.74) is 3.52. The summed E-state index contributed by atoms with van der Waals surface area (Å²) >= 11 is 5.95. The number of carbonyl (C=O) groups is 1. The first-order valence-corrected chi connectivity index (χ1v) is 8.94. The zero-order chi connectivity index (χ0) is 17.7. The van der Waals surface area contributed by atoms with E-state index in [0.29, 0.717) is 5.92 Å². The quantitative estimate of drug-likeness (QED) is 0.543. The molecule has 1 aliphatic rings. The molecule has 2 unspecified atom stereocenters. The molecule has 5 nitrogen and oxygen atoms in total. The molecule has 0 aromatic heterocycles. The minimum atomic E-state index is -0.343. The van der Waals surface area contributed by atoms with Crippen LogP contribution in [0.2, 0.25) is 5.02 Å². The van der Waals surface area contributed by atoms with Gasteiger partial charge in [0.1, 0.15) is 6.17 Å². The third kappa shape index (κ3) is 4.48. The van der Waals surface area contributed by atoms with Gasteiger partial charge >= 0.3 is 0 Å². The van der Waals surface area contributed by atoms with E-state index in [4.69, 9.17) is 16.8 Å². The number of hydrogen-bond acceptors (Lipinski definition) is 4. The van der Waals surface area contributed by atoms with Crippen molar-refractivity contribution in [1.29, 1.82) is 0 Å². The van der Waals surface area contributed by atoms with Crippen molar-refractivity contribution in [3.63, 3.8) is 0 Å². The zero-order valence-electron chi connectivity index (χ0n) is 14.6. The Labute approximate surface area is 149 Å². The lowest BCUT2D eigenvalue weighted by atomic mass is 9.78. The van der Waals surface area contributed by atoms with Crippen molar-refractivity contribution in [2.24, 2.45) is 5.92 Å². The molecular weight excluding hydrogens is 326 g/mol. The van der Waals surface area contributed by atoms with E-state index in [9.17, 15) is 4.79 Å². The molecule has 0 aliphatic heterocycles. The van der Waals surface area contributed by atoms with Gasteiger partial charge in [0.2, 0.25) is 5.91 Å². The third-order valence-corrected chi connectivity index (χ3v) is 5.56. The number of rotatable bonds is 6. The van der Waals surface area contributed by atoms with E-state index in [2.05, 4.69) is 22.9 Å². The van der Waals surface area contributed by atoms with Crippen molar-refractivity contribution >= 4 is 17.5 Å². The average molecular weight is 354 g/mol. The molecule has 0 radical (unpaired) electrons. The monoisotopic (exact) mass is 353 g/mol. The van der Waals surface area contributed by atoms with E-state index in [-0.39, 0.29) is 24.0 Å². The summed E-state index contributed by atoms with van der Waals surface area (Å²) in [6.07, 6.45) is 3.51. The molecule has 2 atom stereocenters. The van der Waals surface area contributed by atoms with Crippen molar-refractivity contribution in [2.45, 2.75) is 50.7 Å². The molecule has 0 saturated heterocycles. The smallest absolute Gasteiger partial charge is 0.225 e. The summed E-state index contributed by atoms with van der Waals surface area (Å²) in [6, 6.07) is 7.91. The first-order valence-electron chi connectivity index (χ1n) is 8.57. The van der Waals surface area contributed by atoms with Gasteiger partial charge in [-0.25, -0.2) is 0 Å². The van der Waals surface area contributed by atoms with Gasteiger partial charge in [-0.05, 0) is 63.3 Å². The molecule has 2 rings (SSSR count). The highest BCUT2D eigenvalue weighted by Gasteiger charge is 2.32. The predicted octanol–water partition coefficient (Wildman–Crippen LogP) is 2.99. The fraction of sp³-hybridized carbons (Fsp3) is 0.611. The van der Waals surface area contributed by atoms with Gasteiger partial charge in [0.15, 0.2) is 0 Å². The van der Waals surface area contributed by atoms with Crippen molar-refractivity contribution in [3.05, 3.63) is 34.9 Å². The van der Waals surface area contributed by atoms with E-state index in [0.717, 1.165) is 30.7 Å². The lowest BCUT2D eigenvalue weighted by molar-refractivity contribution is -0.138. The highest BCUT2D eigenvalue weighted by molar-refractivity contribution is 6.30. The van der Waals surface area contributed by atoms with Crippen molar-refractivity contribution in [3.8, 4) is 0 Å². The Morgan fingerprint density at radius 2 is 1.83 bits per heavy atom. The van der Waals surface area contributed by atoms with Crippen LogP contribution in [0.25, 0.3) is 0 Å². The molecule has 1 fully saturated rings. The zero-order valence-corrected chi connectivity index (χ0v) is 15.4. The number of likely N-dealkylation sites (N-methyl/N-ethyl adjacent to an activating group) is 2. The molecular formula is C18H28ClN3O2. The van der Waals surface area contributed by atoms with E-state index in [1.165, 1.54) is 5.56 Å². The lowest BCUT2D eigenvalue weighted by Gasteiger charge is -2.35. The Hall–Kier alpha value is -1.14. The summed E-state index contributed by atoms with van der Waals surface area (Å²) in [5.74, 6) is 0.739. The second-order valence-electron chi connectivity index (χ2n) is 6.69. The molecule has 134 valence electrons. The first kappa shape index (κ1) is 19.2. The van der Waals surface area contributed by atoms with Gasteiger partial charge in [0, 0.05) is 18.0 Å². The number of nitrogens with one attached hydrogen (secondary N) is 2. The van der Waals surface area contributed by atoms with Crippen LogP contribution in [-0.2, 0) is 4.79 Å². The Bertz CT molecular complexity index is 526. The normalized spacial score (nSPS) is 23.5. The summed E-state index contributed by atoms with van der Waals surface area (Å²) in [5, 5.41) is 12.9. The lowest BCUT2D eigenvalue weighted by Crippen LogP contribution is -2.55. The van der Waals surface area contributed by atoms with Crippen LogP contribution in [0.5, 0.6) is 0 Å². The van der Waals surface area contributed by atoms with Crippen LogP contribution < -0.4 is 10.8 Å². The van der Waals surface area contributed by atoms with Crippen LogP contribution in [0.15, 0.2) is 24.3 Å². The van der Waals surface area contributed by atoms with Gasteiger partial charge in [-0.1, -0.05) is 23.7 Å². The predicted molar refractivity (Wildman–Crippen MR) is 96.2 cm³/mol. The SMILES string of the molecule is CNC(NO)C(C)N(C)C(=O)C1CCC(c2ccc(Cl)cc2)CC1. The maximum atomic E-state index is 12.7. The minimum absolute atomic E-state index is 0.0669. The molecule has 1 amide bonds. The van der Waals surface area contributed by atoms with E-state index in [1.54, 1.807) is 19.0 Å². The number of hydroxylamine groups is 1. The van der Waals surface area contributed by atoms with Gasteiger partial charge in [-0.2, -0.15) is 5.48 Å². The van der Waals surface area contributed by atoms with Crippen LogP contribution in [0.3, 0.4) is 0 Å². The molecule has 1 saturated carbocycles. The summed E-state index contributed by atoms with van der Waals surface area (Å²) in [4.78, 5) is 14.5. The topological polar surface area (TPSA) is 64.6 Å². The maximum absolute atomic E-state index is 12.7. The van der Waals surface area contributed by atoms with Crippen molar-refractivity contribution in [1.82, 2.24) is 15.7 Å². The molecule has 1 aromatic carbocycles. The second kappa shape index (κ2) is 8.81. The molecule has 1 aromatic rings. The number of benzene rings is 1. The van der Waals surface area contributed by atoms with Crippen LogP contribution in [0.4, 0.5) is 0 Å². The molecule has 3 N–H and O–H groups in total. The van der Waals surface area contributed by atoms with E-state index in [1.807, 2.05) is 19.1 Å². The molecule has 6 heteroatoms. The highest BCUT2D eigenvalue weighted by atomic mass is 35.5. The van der Waals surface area contributed by atoms with Gasteiger partial charge in [-0.15, -0.1) is 0 Å². The summed E-state index contributed by atoms with van der Waals surface area (Å²) in [7, 11) is 3.56. The average Bonchev–Trinajstić information content (AvgIpc) is 2.62. The van der Waals surface area contributed by atoms with Gasteiger partial charge < -0.3 is 15.4 Å². The van der Waals surface area contributed by atoms with Gasteiger partial charge in [0.25, 0.3) is 0 Å². The number of amides is 1. The molecule has 24 heavy (non-hydrogen) atoms. The van der Waals surface area contributed by atoms with Crippen molar-refractivity contribution < 1.29 is 10.0 Å². The van der Waals surface area contributed by atoms with Crippen molar-refractivity contribution in [2.75, 3.05) is 14.1 Å².